The zero-order chi connectivity index (χ0) is 94.4. The van der Waals surface area contributed by atoms with Crippen molar-refractivity contribution >= 4 is 171 Å². The Labute approximate surface area is 829 Å². The van der Waals surface area contributed by atoms with Gasteiger partial charge in [0.2, 0.25) is 0 Å². The maximum atomic E-state index is 6.27. The average Bonchev–Trinajstić information content (AvgIpc) is 1.71. The van der Waals surface area contributed by atoms with E-state index in [9.17, 15) is 0 Å². The first-order valence-corrected chi connectivity index (χ1v) is 49.5. The minimum Gasteiger partial charge on any atom is -0.456 e. The van der Waals surface area contributed by atoms with Gasteiger partial charge in [-0.2, -0.15) is 0 Å². The summed E-state index contributed by atoms with van der Waals surface area (Å²) < 4.78 is 11.2. The van der Waals surface area contributed by atoms with Gasteiger partial charge in [-0.15, -0.1) is 22.7 Å². The lowest BCUT2D eigenvalue weighted by Crippen LogP contribution is -2.01. The largest absolute Gasteiger partial charge is 0.456 e. The van der Waals surface area contributed by atoms with Crippen molar-refractivity contribution in [1.82, 2.24) is 44.9 Å². The summed E-state index contributed by atoms with van der Waals surface area (Å²) in [6.45, 7) is 0. The fourth-order valence-corrected chi connectivity index (χ4v) is 22.9. The quantitative estimate of drug-likeness (QED) is 0.109. The molecule has 0 N–H and O–H groups in total. The van der Waals surface area contributed by atoms with Crippen molar-refractivity contribution in [2.45, 2.75) is 0 Å². The molecule has 0 unspecified atom stereocenters. The second-order valence-electron chi connectivity index (χ2n) is 36.1. The number of nitrogens with zero attached hydrogens (tertiary/aromatic N) is 9. The predicted octanol–water partition coefficient (Wildman–Crippen LogP) is 35.5. The minimum atomic E-state index is 0.605. The highest BCUT2D eigenvalue weighted by Crippen LogP contribution is 2.47. The van der Waals surface area contributed by atoms with Gasteiger partial charge in [0.15, 0.2) is 52.4 Å². The van der Waals surface area contributed by atoms with Crippen molar-refractivity contribution in [2.24, 2.45) is 0 Å². The van der Waals surface area contributed by atoms with Gasteiger partial charge in [-0.25, -0.2) is 44.9 Å². The Kier molecular flexibility index (Phi) is 20.8. The molecular formula is C131H79N9OS2. The van der Waals surface area contributed by atoms with Crippen molar-refractivity contribution in [3.63, 3.8) is 0 Å². The number of benzene rings is 23. The van der Waals surface area contributed by atoms with Crippen molar-refractivity contribution in [1.29, 1.82) is 0 Å². The molecule has 0 aliphatic heterocycles. The molecular weight excluding hydrogens is 1780 g/mol. The molecule has 23 aromatic carbocycles. The summed E-state index contributed by atoms with van der Waals surface area (Å²) in [5.74, 6) is 5.84. The van der Waals surface area contributed by atoms with Crippen LogP contribution in [0.15, 0.2) is 484 Å². The van der Waals surface area contributed by atoms with Gasteiger partial charge in [0.1, 0.15) is 11.2 Å². The number of rotatable bonds is 12. The van der Waals surface area contributed by atoms with E-state index in [4.69, 9.17) is 49.3 Å². The second-order valence-corrected chi connectivity index (χ2v) is 38.3. The summed E-state index contributed by atoms with van der Waals surface area (Å²) in [7, 11) is 0. The molecule has 0 fully saturated rings. The van der Waals surface area contributed by atoms with Crippen molar-refractivity contribution in [3.8, 4) is 136 Å². The Morgan fingerprint density at radius 2 is 0.455 bits per heavy atom. The van der Waals surface area contributed by atoms with Crippen molar-refractivity contribution in [2.75, 3.05) is 0 Å². The third-order valence-corrected chi connectivity index (χ3v) is 29.8. The molecule has 29 aromatic rings. The van der Waals surface area contributed by atoms with Crippen LogP contribution in [0.3, 0.4) is 0 Å². The maximum absolute atomic E-state index is 6.27. The van der Waals surface area contributed by atoms with Gasteiger partial charge in [-0.05, 0) is 204 Å². The van der Waals surface area contributed by atoms with E-state index < -0.39 is 0 Å². The summed E-state index contributed by atoms with van der Waals surface area (Å²) in [5.41, 5.74) is 17.3. The predicted molar refractivity (Wildman–Crippen MR) is 598 cm³/mol. The van der Waals surface area contributed by atoms with Crippen LogP contribution in [-0.2, 0) is 0 Å². The Bertz CT molecular complexity index is 10200. The first kappa shape index (κ1) is 83.8. The molecule has 0 saturated heterocycles. The van der Waals surface area contributed by atoms with Crippen LogP contribution in [0.5, 0.6) is 0 Å². The number of para-hydroxylation sites is 1. The Morgan fingerprint density at radius 3 is 1.05 bits per heavy atom. The number of thiophene rings is 2. The highest BCUT2D eigenvalue weighted by molar-refractivity contribution is 7.26. The Hall–Kier alpha value is -18.6. The molecule has 143 heavy (non-hydrogen) atoms. The lowest BCUT2D eigenvalue weighted by Gasteiger charge is -2.14. The molecule has 0 spiro atoms. The van der Waals surface area contributed by atoms with Crippen LogP contribution in [0.1, 0.15) is 0 Å². The van der Waals surface area contributed by atoms with Gasteiger partial charge in [0.25, 0.3) is 0 Å². The van der Waals surface area contributed by atoms with E-state index >= 15 is 0 Å². The van der Waals surface area contributed by atoms with Crippen LogP contribution >= 0.6 is 22.7 Å². The molecule has 0 amide bonds. The second kappa shape index (κ2) is 35.4. The monoisotopic (exact) mass is 1860 g/mol. The molecule has 0 bridgehead atoms. The lowest BCUT2D eigenvalue weighted by molar-refractivity contribution is 0.669. The molecule has 6 heterocycles. The SMILES string of the molecule is c1ccc(-c2ccc3cc(-c4nc(-c5ccc6ccccc6c5)nc(-c5cccc6oc7ccccc7c56)n4)c4ccccc4c3c2)cc1.c1ccc(-c2nc(-c3cc(-c4ccc5c(ccc6ccccc65)c4)cc4ccccc34)nc(-c3cccc4sc5ccccc5c34)n2)cc1.c1ccc(-c2nc(-c3cccc(-c4ccc5c(ccc6ccccc65)c4)c3)nc(-c3cccc4sc5ccccc5c34)n2)cc1. The van der Waals surface area contributed by atoms with E-state index in [1.54, 1.807) is 22.7 Å². The van der Waals surface area contributed by atoms with Crippen LogP contribution in [0.4, 0.5) is 0 Å². The molecule has 10 nitrogen and oxygen atoms in total. The van der Waals surface area contributed by atoms with E-state index in [-0.39, 0.29) is 0 Å². The number of furan rings is 1. The first-order valence-electron chi connectivity index (χ1n) is 47.9. The van der Waals surface area contributed by atoms with Crippen LogP contribution in [0, 0.1) is 0 Å². The zero-order valence-corrected chi connectivity index (χ0v) is 78.5. The fourth-order valence-electron chi connectivity index (χ4n) is 20.6. The normalized spacial score (nSPS) is 11.6. The summed E-state index contributed by atoms with van der Waals surface area (Å²) in [6, 6.07) is 168. The molecule has 6 aromatic heterocycles. The number of fused-ring (bicyclic) bond motifs is 20. The molecule has 29 rings (SSSR count). The Morgan fingerprint density at radius 1 is 0.133 bits per heavy atom. The average molecular weight is 1860 g/mol. The maximum Gasteiger partial charge on any atom is 0.164 e. The fraction of sp³-hybridized carbons (Fsp3) is 0. The molecule has 0 aliphatic rings. The number of hydrogen-bond acceptors (Lipinski definition) is 12. The van der Waals surface area contributed by atoms with Gasteiger partial charge < -0.3 is 4.42 Å². The van der Waals surface area contributed by atoms with Gasteiger partial charge >= 0.3 is 0 Å². The van der Waals surface area contributed by atoms with Crippen LogP contribution in [-0.4, -0.2) is 44.9 Å². The van der Waals surface area contributed by atoms with Crippen LogP contribution in [0.2, 0.25) is 0 Å². The zero-order valence-electron chi connectivity index (χ0n) is 76.9. The summed E-state index contributed by atoms with van der Waals surface area (Å²) in [6.07, 6.45) is 0. The molecule has 0 atom stereocenters. The van der Waals surface area contributed by atoms with E-state index in [1.807, 2.05) is 66.7 Å². The van der Waals surface area contributed by atoms with E-state index in [0.717, 1.165) is 127 Å². The van der Waals surface area contributed by atoms with Crippen molar-refractivity contribution < 1.29 is 4.42 Å². The standard InChI is InChI=1S/C45H27N3O.C45H27N3S.C41H25N3S/c1-2-11-28(12-3-1)31-22-23-32-27-39(35-16-7-6-15-34(35)38(32)26-31)45-47-43(33-24-21-29-13-4-5-14-30(29)25-33)46-44(48-45)37-18-10-20-41-42(37)36-17-8-9-19-40(36)49-41;1-2-12-29(13-3-1)43-46-44(38-18-10-20-41-42(38)37-17-8-9-19-40(37)49-41)48-45(47-43)39-27-33(26-31-14-5-7-16-35(31)39)30-23-24-36-32(25-30)22-21-28-11-4-6-15-34(28)36;1-2-11-27(12-3-1)39-42-40(44-41(43-39)35-17-9-19-37-38(35)34-16-6-7-18-36(34)45-37)31-14-8-13-28(25-31)29-22-23-33-30(24-29)21-20-26-10-4-5-15-32(26)33/h2*1-27H;1-25H. The van der Waals surface area contributed by atoms with Gasteiger partial charge in [0, 0.05) is 101 Å². The lowest BCUT2D eigenvalue weighted by atomic mass is 9.94. The third kappa shape index (κ3) is 15.4. The van der Waals surface area contributed by atoms with Gasteiger partial charge in [-0.3, -0.25) is 0 Å². The molecule has 0 saturated carbocycles. The van der Waals surface area contributed by atoms with Gasteiger partial charge in [-0.1, -0.05) is 394 Å². The minimum absolute atomic E-state index is 0.605. The molecule has 666 valence electrons. The summed E-state index contributed by atoms with van der Waals surface area (Å²) >= 11 is 3.60. The molecule has 12 heteroatoms. The van der Waals surface area contributed by atoms with Crippen molar-refractivity contribution in [3.05, 3.63) is 479 Å². The highest BCUT2D eigenvalue weighted by Gasteiger charge is 2.25. The van der Waals surface area contributed by atoms with E-state index in [2.05, 4.69) is 413 Å². The number of aromatic nitrogens is 9. The van der Waals surface area contributed by atoms with E-state index in [1.165, 1.54) is 105 Å². The van der Waals surface area contributed by atoms with Gasteiger partial charge in [0.05, 0.1) is 0 Å². The Balaban J connectivity index is 0.000000107. The molecule has 0 radical (unpaired) electrons. The first-order chi connectivity index (χ1) is 70.8. The van der Waals surface area contributed by atoms with E-state index in [0.29, 0.717) is 52.4 Å². The number of hydrogen-bond donors (Lipinski definition) is 0. The smallest absolute Gasteiger partial charge is 0.164 e. The topological polar surface area (TPSA) is 129 Å². The third-order valence-electron chi connectivity index (χ3n) is 27.5. The molecule has 0 aliphatic carbocycles. The highest BCUT2D eigenvalue weighted by atomic mass is 32.1. The summed E-state index contributed by atoms with van der Waals surface area (Å²) in [4.78, 5) is 46.5. The van der Waals surface area contributed by atoms with Crippen LogP contribution in [0.25, 0.3) is 284 Å². The van der Waals surface area contributed by atoms with Crippen LogP contribution < -0.4 is 0 Å². The summed E-state index contributed by atoms with van der Waals surface area (Å²) in [5, 5.41) is 26.0.